The van der Waals surface area contributed by atoms with Gasteiger partial charge < -0.3 is 9.64 Å². The Balaban J connectivity index is 1.44. The minimum absolute atomic E-state index is 0.240. The normalized spacial score (nSPS) is 14.2. The number of hydrogen-bond donors (Lipinski definition) is 1. The molecular weight excluding hydrogens is 384 g/mol. The summed E-state index contributed by atoms with van der Waals surface area (Å²) in [5.74, 6) is 0.612. The number of hydrogen-bond acceptors (Lipinski definition) is 6. The number of thiazole rings is 1. The van der Waals surface area contributed by atoms with Crippen LogP contribution in [0.4, 0.5) is 10.9 Å². The topological polar surface area (TPSA) is 67.4 Å². The fourth-order valence-corrected chi connectivity index (χ4v) is 3.73. The van der Waals surface area contributed by atoms with Gasteiger partial charge in [0, 0.05) is 35.3 Å². The van der Waals surface area contributed by atoms with Gasteiger partial charge in [0.15, 0.2) is 5.13 Å². The van der Waals surface area contributed by atoms with Crippen LogP contribution in [0.2, 0.25) is 5.02 Å². The summed E-state index contributed by atoms with van der Waals surface area (Å²) in [5, 5.41) is 5.84. The van der Waals surface area contributed by atoms with Crippen LogP contribution < -0.4 is 10.2 Å². The second kappa shape index (κ2) is 8.04. The number of amides is 1. The quantitative estimate of drug-likeness (QED) is 0.718. The maximum absolute atomic E-state index is 12.5. The fraction of sp³-hybridized carbons (Fsp3) is 0.211. The number of nitrogens with zero attached hydrogens (tertiary/aromatic N) is 3. The summed E-state index contributed by atoms with van der Waals surface area (Å²) in [7, 11) is 0. The predicted octanol–water partition coefficient (Wildman–Crippen LogP) is 3.95. The highest BCUT2D eigenvalue weighted by Gasteiger charge is 2.15. The van der Waals surface area contributed by atoms with Gasteiger partial charge in [-0.25, -0.2) is 9.97 Å². The van der Waals surface area contributed by atoms with Crippen LogP contribution >= 0.6 is 22.9 Å². The molecule has 1 aromatic carbocycles. The Morgan fingerprint density at radius 1 is 1.19 bits per heavy atom. The van der Waals surface area contributed by atoms with E-state index in [4.69, 9.17) is 16.3 Å². The molecule has 4 rings (SSSR count). The molecule has 3 heterocycles. The van der Waals surface area contributed by atoms with E-state index in [0.29, 0.717) is 28.9 Å². The maximum atomic E-state index is 12.5. The molecule has 0 aliphatic carbocycles. The molecule has 8 heteroatoms. The van der Waals surface area contributed by atoms with Crippen LogP contribution in [-0.4, -0.2) is 42.2 Å². The molecule has 1 aliphatic heterocycles. The molecule has 27 heavy (non-hydrogen) atoms. The zero-order valence-corrected chi connectivity index (χ0v) is 16.0. The highest BCUT2D eigenvalue weighted by Crippen LogP contribution is 2.30. The van der Waals surface area contributed by atoms with Crippen molar-refractivity contribution >= 4 is 39.8 Å². The summed E-state index contributed by atoms with van der Waals surface area (Å²) in [5.41, 5.74) is 2.07. The highest BCUT2D eigenvalue weighted by molar-refractivity contribution is 7.14. The Kier molecular flexibility index (Phi) is 5.33. The molecule has 6 nitrogen and oxygen atoms in total. The van der Waals surface area contributed by atoms with E-state index in [9.17, 15) is 4.79 Å². The van der Waals surface area contributed by atoms with Gasteiger partial charge in [0.25, 0.3) is 5.91 Å². The maximum Gasteiger partial charge on any atom is 0.259 e. The number of anilines is 2. The van der Waals surface area contributed by atoms with Crippen LogP contribution in [0.5, 0.6) is 0 Å². The van der Waals surface area contributed by atoms with E-state index in [1.165, 1.54) is 11.3 Å². The summed E-state index contributed by atoms with van der Waals surface area (Å²) >= 11 is 7.56. The zero-order chi connectivity index (χ0) is 18.6. The van der Waals surface area contributed by atoms with Crippen molar-refractivity contribution in [3.8, 4) is 11.3 Å². The smallest absolute Gasteiger partial charge is 0.259 e. The Labute approximate surface area is 165 Å². The molecule has 1 fully saturated rings. The average molecular weight is 401 g/mol. The first-order valence-corrected chi connectivity index (χ1v) is 9.77. The van der Waals surface area contributed by atoms with Gasteiger partial charge in [0.2, 0.25) is 0 Å². The molecule has 138 valence electrons. The third-order valence-corrected chi connectivity index (χ3v) is 5.31. The molecule has 2 aromatic heterocycles. The Bertz CT molecular complexity index is 939. The first-order chi connectivity index (χ1) is 13.2. The van der Waals surface area contributed by atoms with Crippen molar-refractivity contribution in [2.45, 2.75) is 0 Å². The first kappa shape index (κ1) is 17.9. The molecule has 1 N–H and O–H groups in total. The van der Waals surface area contributed by atoms with E-state index in [-0.39, 0.29) is 5.91 Å². The second-order valence-corrected chi connectivity index (χ2v) is 7.24. The van der Waals surface area contributed by atoms with Gasteiger partial charge in [-0.15, -0.1) is 11.3 Å². The van der Waals surface area contributed by atoms with Gasteiger partial charge in [-0.2, -0.15) is 0 Å². The van der Waals surface area contributed by atoms with E-state index in [2.05, 4.69) is 20.2 Å². The standard InChI is InChI=1S/C19H17ClN4O2S/c20-15-4-2-1-3-14(15)16-12-27-19(22-16)23-18(25)13-5-6-17(21-11-13)24-7-9-26-10-8-24/h1-6,11-12H,7-10H2,(H,22,23,25). The van der Waals surface area contributed by atoms with Crippen molar-refractivity contribution in [1.82, 2.24) is 9.97 Å². The van der Waals surface area contributed by atoms with Crippen molar-refractivity contribution in [3.63, 3.8) is 0 Å². The number of ether oxygens (including phenoxy) is 1. The van der Waals surface area contributed by atoms with Gasteiger partial charge in [-0.05, 0) is 18.2 Å². The molecule has 1 aliphatic rings. The van der Waals surface area contributed by atoms with Crippen molar-refractivity contribution in [2.24, 2.45) is 0 Å². The van der Waals surface area contributed by atoms with E-state index in [1.54, 1.807) is 12.3 Å². The number of nitrogens with one attached hydrogen (secondary N) is 1. The predicted molar refractivity (Wildman–Crippen MR) is 108 cm³/mol. The van der Waals surface area contributed by atoms with Crippen molar-refractivity contribution < 1.29 is 9.53 Å². The highest BCUT2D eigenvalue weighted by atomic mass is 35.5. The van der Waals surface area contributed by atoms with Crippen LogP contribution in [0.15, 0.2) is 48.0 Å². The minimum Gasteiger partial charge on any atom is -0.378 e. The molecule has 0 bridgehead atoms. The van der Waals surface area contributed by atoms with Crippen molar-refractivity contribution in [2.75, 3.05) is 36.5 Å². The summed E-state index contributed by atoms with van der Waals surface area (Å²) in [6, 6.07) is 11.1. The summed E-state index contributed by atoms with van der Waals surface area (Å²) in [6.45, 7) is 3.01. The Morgan fingerprint density at radius 2 is 2.00 bits per heavy atom. The molecular formula is C19H17ClN4O2S. The number of carbonyl (C=O) groups is 1. The van der Waals surface area contributed by atoms with Crippen LogP contribution in [0.1, 0.15) is 10.4 Å². The number of carbonyl (C=O) groups excluding carboxylic acids is 1. The van der Waals surface area contributed by atoms with Crippen LogP contribution in [0.25, 0.3) is 11.3 Å². The third kappa shape index (κ3) is 4.10. The monoisotopic (exact) mass is 400 g/mol. The molecule has 0 unspecified atom stereocenters. The average Bonchev–Trinajstić information content (AvgIpc) is 3.17. The summed E-state index contributed by atoms with van der Waals surface area (Å²) in [4.78, 5) is 23.5. The molecule has 3 aromatic rings. The summed E-state index contributed by atoms with van der Waals surface area (Å²) in [6.07, 6.45) is 1.59. The number of rotatable bonds is 4. The van der Waals surface area contributed by atoms with Crippen LogP contribution in [0, 0.1) is 0 Å². The number of aromatic nitrogens is 2. The lowest BCUT2D eigenvalue weighted by atomic mass is 10.2. The molecule has 0 radical (unpaired) electrons. The van der Waals surface area contributed by atoms with Crippen molar-refractivity contribution in [1.29, 1.82) is 0 Å². The number of morpholine rings is 1. The largest absolute Gasteiger partial charge is 0.378 e. The first-order valence-electron chi connectivity index (χ1n) is 8.51. The van der Waals surface area contributed by atoms with Crippen LogP contribution in [0.3, 0.4) is 0 Å². The van der Waals surface area contributed by atoms with Gasteiger partial charge >= 0.3 is 0 Å². The van der Waals surface area contributed by atoms with Crippen molar-refractivity contribution in [3.05, 3.63) is 58.6 Å². The molecule has 1 amide bonds. The van der Waals surface area contributed by atoms with E-state index < -0.39 is 0 Å². The second-order valence-electron chi connectivity index (χ2n) is 5.98. The van der Waals surface area contributed by atoms with Gasteiger partial charge in [0.05, 0.1) is 24.5 Å². The minimum atomic E-state index is -0.240. The van der Waals surface area contributed by atoms with Gasteiger partial charge in [-0.1, -0.05) is 29.8 Å². The van der Waals surface area contributed by atoms with Gasteiger partial charge in [0.1, 0.15) is 5.82 Å². The van der Waals surface area contributed by atoms with E-state index >= 15 is 0 Å². The number of pyridine rings is 1. The molecule has 0 atom stereocenters. The zero-order valence-electron chi connectivity index (χ0n) is 14.4. The Morgan fingerprint density at radius 3 is 2.74 bits per heavy atom. The number of benzene rings is 1. The lowest BCUT2D eigenvalue weighted by Gasteiger charge is -2.27. The lowest BCUT2D eigenvalue weighted by Crippen LogP contribution is -2.36. The van der Waals surface area contributed by atoms with E-state index in [0.717, 1.165) is 30.2 Å². The lowest BCUT2D eigenvalue weighted by molar-refractivity contribution is 0.102. The number of halogens is 1. The molecule has 0 spiro atoms. The van der Waals surface area contributed by atoms with Gasteiger partial charge in [-0.3, -0.25) is 10.1 Å². The SMILES string of the molecule is O=C(Nc1nc(-c2ccccc2Cl)cs1)c1ccc(N2CCOCC2)nc1. The Hall–Kier alpha value is -2.48. The molecule has 0 saturated carbocycles. The molecule has 1 saturated heterocycles. The van der Waals surface area contributed by atoms with E-state index in [1.807, 2.05) is 35.7 Å². The summed E-state index contributed by atoms with van der Waals surface area (Å²) < 4.78 is 5.34. The van der Waals surface area contributed by atoms with Crippen LogP contribution in [-0.2, 0) is 4.74 Å². The third-order valence-electron chi connectivity index (χ3n) is 4.22. The fourth-order valence-electron chi connectivity index (χ4n) is 2.79.